The molecule has 0 amide bonds. The van der Waals surface area contributed by atoms with Crippen molar-refractivity contribution in [2.75, 3.05) is 0 Å². The first-order valence-electron chi connectivity index (χ1n) is 7.94. The summed E-state index contributed by atoms with van der Waals surface area (Å²) in [4.78, 5) is 0. The summed E-state index contributed by atoms with van der Waals surface area (Å²) in [5.74, 6) is -0.0727. The molecular weight excluding hydrogens is 362 g/mol. The van der Waals surface area contributed by atoms with Crippen molar-refractivity contribution in [1.29, 1.82) is 5.26 Å². The van der Waals surface area contributed by atoms with Gasteiger partial charge >= 0.3 is 6.18 Å². The van der Waals surface area contributed by atoms with Crippen LogP contribution in [0, 0.1) is 17.1 Å². The first-order valence-corrected chi connectivity index (χ1v) is 7.94. The summed E-state index contributed by atoms with van der Waals surface area (Å²) in [6.45, 7) is 2.24. The highest BCUT2D eigenvalue weighted by molar-refractivity contribution is 5.62. The third kappa shape index (κ3) is 4.08. The molecule has 4 nitrogen and oxygen atoms in total. The molecule has 0 fully saturated rings. The molecule has 0 bridgehead atoms. The molecule has 0 saturated carbocycles. The van der Waals surface area contributed by atoms with E-state index in [1.807, 2.05) is 13.0 Å². The second-order valence-corrected chi connectivity index (χ2v) is 5.65. The number of aryl methyl sites for hydroxylation is 1. The van der Waals surface area contributed by atoms with Crippen LogP contribution in [0.4, 0.5) is 17.6 Å². The highest BCUT2D eigenvalue weighted by Crippen LogP contribution is 2.32. The van der Waals surface area contributed by atoms with E-state index in [-0.39, 0.29) is 17.2 Å². The van der Waals surface area contributed by atoms with E-state index in [1.54, 1.807) is 0 Å². The number of benzene rings is 2. The largest absolute Gasteiger partial charge is 0.439 e. The van der Waals surface area contributed by atoms with Crippen molar-refractivity contribution in [2.45, 2.75) is 19.6 Å². The van der Waals surface area contributed by atoms with Crippen LogP contribution in [0.15, 0.2) is 48.5 Å². The van der Waals surface area contributed by atoms with Crippen LogP contribution in [0.1, 0.15) is 18.1 Å². The van der Waals surface area contributed by atoms with Crippen LogP contribution in [0.3, 0.4) is 0 Å². The molecule has 0 radical (unpaired) electrons. The number of hydrogen-bond acceptors (Lipinski definition) is 3. The number of alkyl halides is 3. The third-order valence-electron chi connectivity index (χ3n) is 3.77. The molecule has 138 valence electrons. The van der Waals surface area contributed by atoms with Gasteiger partial charge in [0.1, 0.15) is 11.6 Å². The minimum atomic E-state index is -4.42. The maximum Gasteiger partial charge on any atom is 0.416 e. The molecule has 3 rings (SSSR count). The molecule has 0 N–H and O–H groups in total. The molecular formula is C19H13F4N3O. The van der Waals surface area contributed by atoms with E-state index in [1.165, 1.54) is 35.0 Å². The Morgan fingerprint density at radius 2 is 1.81 bits per heavy atom. The fourth-order valence-corrected chi connectivity index (χ4v) is 2.48. The summed E-state index contributed by atoms with van der Waals surface area (Å²) < 4.78 is 58.7. The summed E-state index contributed by atoms with van der Waals surface area (Å²) >= 11 is 0. The van der Waals surface area contributed by atoms with Gasteiger partial charge in [-0.1, -0.05) is 0 Å². The molecule has 0 aliphatic rings. The van der Waals surface area contributed by atoms with Gasteiger partial charge in [-0.25, -0.2) is 9.07 Å². The predicted octanol–water partition coefficient (Wildman–Crippen LogP) is 5.39. The number of halogens is 4. The summed E-state index contributed by atoms with van der Waals surface area (Å²) in [6.07, 6.45) is -4.42. The van der Waals surface area contributed by atoms with Crippen molar-refractivity contribution in [2.24, 2.45) is 0 Å². The van der Waals surface area contributed by atoms with Crippen LogP contribution in [-0.4, -0.2) is 9.78 Å². The van der Waals surface area contributed by atoms with Crippen LogP contribution in [0.5, 0.6) is 11.6 Å². The zero-order chi connectivity index (χ0) is 19.6. The molecule has 2 aromatic carbocycles. The Kier molecular flexibility index (Phi) is 4.86. The van der Waals surface area contributed by atoms with Gasteiger partial charge in [-0.3, -0.25) is 0 Å². The Labute approximate surface area is 152 Å². The van der Waals surface area contributed by atoms with Gasteiger partial charge in [0, 0.05) is 18.2 Å². The summed E-state index contributed by atoms with van der Waals surface area (Å²) in [5.41, 5.74) is 0.162. The molecule has 1 heterocycles. The zero-order valence-electron chi connectivity index (χ0n) is 14.1. The Balaban J connectivity index is 1.91. The monoisotopic (exact) mass is 375 g/mol. The number of aromatic nitrogens is 2. The third-order valence-corrected chi connectivity index (χ3v) is 3.77. The van der Waals surface area contributed by atoms with E-state index < -0.39 is 17.6 Å². The lowest BCUT2D eigenvalue weighted by Gasteiger charge is -2.09. The molecule has 3 aromatic rings. The van der Waals surface area contributed by atoms with Crippen molar-refractivity contribution in [3.05, 3.63) is 65.5 Å². The lowest BCUT2D eigenvalue weighted by molar-refractivity contribution is -0.137. The van der Waals surface area contributed by atoms with Crippen molar-refractivity contribution < 1.29 is 22.3 Å². The van der Waals surface area contributed by atoms with Crippen molar-refractivity contribution in [3.8, 4) is 29.0 Å². The first-order chi connectivity index (χ1) is 12.8. The van der Waals surface area contributed by atoms with Gasteiger partial charge in [0.2, 0.25) is 5.88 Å². The van der Waals surface area contributed by atoms with E-state index >= 15 is 0 Å². The lowest BCUT2D eigenvalue weighted by atomic mass is 10.1. The molecule has 0 spiro atoms. The van der Waals surface area contributed by atoms with Crippen molar-refractivity contribution in [1.82, 2.24) is 9.78 Å². The molecule has 0 aliphatic heterocycles. The minimum absolute atomic E-state index is 0.154. The van der Waals surface area contributed by atoms with Crippen LogP contribution in [-0.2, 0) is 12.7 Å². The van der Waals surface area contributed by atoms with Gasteiger partial charge in [-0.2, -0.15) is 23.5 Å². The summed E-state index contributed by atoms with van der Waals surface area (Å²) in [5, 5.41) is 13.3. The Morgan fingerprint density at radius 3 is 2.41 bits per heavy atom. The average Bonchev–Trinajstić information content (AvgIpc) is 3.03. The quantitative estimate of drug-likeness (QED) is 0.575. The standard InChI is InChI=1S/C19H13F4N3O/c1-2-26-18(27-16-5-3-14(4-6-16)19(21,22)23)10-17(25-26)13-7-12(11-24)8-15(20)9-13/h3-10H,2H2,1H3. The second kappa shape index (κ2) is 7.11. The first kappa shape index (κ1) is 18.5. The van der Waals surface area contributed by atoms with E-state index in [0.29, 0.717) is 17.8 Å². The van der Waals surface area contributed by atoms with Gasteiger partial charge in [0.15, 0.2) is 0 Å². The smallest absolute Gasteiger partial charge is 0.416 e. The Morgan fingerprint density at radius 1 is 1.11 bits per heavy atom. The molecule has 1 aromatic heterocycles. The van der Waals surface area contributed by atoms with Gasteiger partial charge in [-0.15, -0.1) is 0 Å². The molecule has 0 aliphatic carbocycles. The normalized spacial score (nSPS) is 11.3. The molecule has 27 heavy (non-hydrogen) atoms. The lowest BCUT2D eigenvalue weighted by Crippen LogP contribution is -2.04. The number of rotatable bonds is 4. The average molecular weight is 375 g/mol. The highest BCUT2D eigenvalue weighted by atomic mass is 19.4. The SMILES string of the molecule is CCn1nc(-c2cc(F)cc(C#N)c2)cc1Oc1ccc(C(F)(F)F)cc1. The maximum absolute atomic E-state index is 13.7. The van der Waals surface area contributed by atoms with Crippen LogP contribution in [0.25, 0.3) is 11.3 Å². The molecule has 0 saturated heterocycles. The van der Waals surface area contributed by atoms with Crippen LogP contribution in [0.2, 0.25) is 0 Å². The Hall–Kier alpha value is -3.34. The zero-order valence-corrected chi connectivity index (χ0v) is 14.1. The Bertz CT molecular complexity index is 1000. The van der Waals surface area contributed by atoms with Gasteiger partial charge in [0.25, 0.3) is 0 Å². The fraction of sp³-hybridized carbons (Fsp3) is 0.158. The van der Waals surface area contributed by atoms with Crippen LogP contribution >= 0.6 is 0 Å². The second-order valence-electron chi connectivity index (χ2n) is 5.65. The van der Waals surface area contributed by atoms with Gasteiger partial charge < -0.3 is 4.74 Å². The molecule has 0 atom stereocenters. The fourth-order valence-electron chi connectivity index (χ4n) is 2.48. The summed E-state index contributed by atoms with van der Waals surface area (Å²) in [6, 6.07) is 11.5. The summed E-state index contributed by atoms with van der Waals surface area (Å²) in [7, 11) is 0. The molecule has 8 heteroatoms. The number of hydrogen-bond donors (Lipinski definition) is 0. The number of nitrogens with zero attached hydrogens (tertiary/aromatic N) is 3. The predicted molar refractivity (Wildman–Crippen MR) is 89.5 cm³/mol. The van der Waals surface area contributed by atoms with E-state index in [2.05, 4.69) is 5.10 Å². The number of nitriles is 1. The van der Waals surface area contributed by atoms with Crippen LogP contribution < -0.4 is 4.74 Å². The van der Waals surface area contributed by atoms with E-state index in [9.17, 15) is 17.6 Å². The van der Waals surface area contributed by atoms with E-state index in [4.69, 9.17) is 10.00 Å². The topological polar surface area (TPSA) is 50.8 Å². The maximum atomic E-state index is 13.7. The van der Waals surface area contributed by atoms with Crippen molar-refractivity contribution >= 4 is 0 Å². The van der Waals surface area contributed by atoms with Crippen molar-refractivity contribution in [3.63, 3.8) is 0 Å². The van der Waals surface area contributed by atoms with Gasteiger partial charge in [0.05, 0.1) is 22.9 Å². The van der Waals surface area contributed by atoms with E-state index in [0.717, 1.165) is 18.2 Å². The molecule has 0 unspecified atom stereocenters. The van der Waals surface area contributed by atoms with Gasteiger partial charge in [-0.05, 0) is 49.4 Å². The minimum Gasteiger partial charge on any atom is -0.439 e. The number of ether oxygens (including phenoxy) is 1. The highest BCUT2D eigenvalue weighted by Gasteiger charge is 2.30.